The minimum Gasteiger partial charge on any atom is -0.377 e. The molecule has 0 radical (unpaired) electrons. The first-order valence-corrected chi connectivity index (χ1v) is 6.05. The summed E-state index contributed by atoms with van der Waals surface area (Å²) in [5, 5.41) is 3.42. The molecule has 1 aliphatic heterocycles. The molecule has 1 heterocycles. The average Bonchev–Trinajstić information content (AvgIpc) is 1.98. The SMILES string of the molecule is Cc1cc(Br)c(NC2COC2)c(Br)c1. The van der Waals surface area contributed by atoms with E-state index in [1.54, 1.807) is 0 Å². The van der Waals surface area contributed by atoms with Crippen molar-refractivity contribution in [2.45, 2.75) is 13.0 Å². The topological polar surface area (TPSA) is 21.3 Å². The summed E-state index contributed by atoms with van der Waals surface area (Å²) in [5.74, 6) is 0. The summed E-state index contributed by atoms with van der Waals surface area (Å²) in [6.07, 6.45) is 0. The van der Waals surface area contributed by atoms with Crippen LogP contribution in [-0.4, -0.2) is 19.3 Å². The van der Waals surface area contributed by atoms with Crippen molar-refractivity contribution in [1.29, 1.82) is 0 Å². The quantitative estimate of drug-likeness (QED) is 0.902. The number of anilines is 1. The third-order valence-electron chi connectivity index (χ3n) is 2.17. The lowest BCUT2D eigenvalue weighted by molar-refractivity contribution is 0.0210. The Hall–Kier alpha value is -0.0600. The molecule has 1 fully saturated rings. The van der Waals surface area contributed by atoms with Gasteiger partial charge in [-0.3, -0.25) is 0 Å². The number of ether oxygens (including phenoxy) is 1. The molecule has 0 bridgehead atoms. The van der Waals surface area contributed by atoms with Crippen molar-refractivity contribution in [3.63, 3.8) is 0 Å². The molecule has 14 heavy (non-hydrogen) atoms. The number of aryl methyl sites for hydroxylation is 1. The zero-order valence-electron chi connectivity index (χ0n) is 7.81. The number of halogens is 2. The Balaban J connectivity index is 2.22. The molecular formula is C10H11Br2NO. The molecule has 0 saturated carbocycles. The lowest BCUT2D eigenvalue weighted by Gasteiger charge is -2.28. The molecule has 2 nitrogen and oxygen atoms in total. The van der Waals surface area contributed by atoms with E-state index in [1.165, 1.54) is 5.56 Å². The average molecular weight is 321 g/mol. The van der Waals surface area contributed by atoms with Gasteiger partial charge >= 0.3 is 0 Å². The van der Waals surface area contributed by atoms with Crippen molar-refractivity contribution < 1.29 is 4.74 Å². The molecule has 1 aliphatic rings. The van der Waals surface area contributed by atoms with Crippen LogP contribution < -0.4 is 5.32 Å². The molecule has 2 rings (SSSR count). The lowest BCUT2D eigenvalue weighted by Crippen LogP contribution is -2.40. The van der Waals surface area contributed by atoms with Gasteiger partial charge in [-0.25, -0.2) is 0 Å². The third-order valence-corrected chi connectivity index (χ3v) is 3.42. The number of nitrogens with one attached hydrogen (secondary N) is 1. The Kier molecular flexibility index (Phi) is 3.14. The highest BCUT2D eigenvalue weighted by Crippen LogP contribution is 2.33. The van der Waals surface area contributed by atoms with E-state index in [0.717, 1.165) is 27.8 Å². The van der Waals surface area contributed by atoms with E-state index >= 15 is 0 Å². The van der Waals surface area contributed by atoms with E-state index in [4.69, 9.17) is 4.74 Å². The van der Waals surface area contributed by atoms with Crippen molar-refractivity contribution in [2.24, 2.45) is 0 Å². The second-order valence-electron chi connectivity index (χ2n) is 3.48. The first-order valence-electron chi connectivity index (χ1n) is 4.47. The normalized spacial score (nSPS) is 16.5. The second kappa shape index (κ2) is 4.21. The summed E-state index contributed by atoms with van der Waals surface area (Å²) < 4.78 is 7.30. The van der Waals surface area contributed by atoms with Crippen LogP contribution in [0.4, 0.5) is 5.69 Å². The molecule has 0 spiro atoms. The molecule has 0 aliphatic carbocycles. The lowest BCUT2D eigenvalue weighted by atomic mass is 10.2. The van der Waals surface area contributed by atoms with Crippen LogP contribution in [0.15, 0.2) is 21.1 Å². The largest absolute Gasteiger partial charge is 0.377 e. The van der Waals surface area contributed by atoms with E-state index < -0.39 is 0 Å². The summed E-state index contributed by atoms with van der Waals surface area (Å²) in [4.78, 5) is 0. The smallest absolute Gasteiger partial charge is 0.0729 e. The van der Waals surface area contributed by atoms with Gasteiger partial charge in [-0.15, -0.1) is 0 Å². The summed E-state index contributed by atoms with van der Waals surface area (Å²) in [6.45, 7) is 3.67. The predicted molar refractivity (Wildman–Crippen MR) is 64.8 cm³/mol. The van der Waals surface area contributed by atoms with Crippen molar-refractivity contribution >= 4 is 37.5 Å². The van der Waals surface area contributed by atoms with Gasteiger partial charge in [-0.05, 0) is 56.5 Å². The number of rotatable bonds is 2. The molecule has 1 N–H and O–H groups in total. The van der Waals surface area contributed by atoms with Crippen LogP contribution in [0.1, 0.15) is 5.56 Å². The molecule has 0 aromatic heterocycles. The van der Waals surface area contributed by atoms with Gasteiger partial charge in [0.15, 0.2) is 0 Å². The monoisotopic (exact) mass is 319 g/mol. The summed E-state index contributed by atoms with van der Waals surface area (Å²) in [6, 6.07) is 4.66. The van der Waals surface area contributed by atoms with Crippen molar-refractivity contribution in [3.8, 4) is 0 Å². The third kappa shape index (κ3) is 2.12. The minimum absolute atomic E-state index is 0.449. The molecule has 4 heteroatoms. The van der Waals surface area contributed by atoms with Crippen LogP contribution >= 0.6 is 31.9 Å². The highest BCUT2D eigenvalue weighted by atomic mass is 79.9. The van der Waals surface area contributed by atoms with Gasteiger partial charge in [0.25, 0.3) is 0 Å². The van der Waals surface area contributed by atoms with Gasteiger partial charge in [0.1, 0.15) is 0 Å². The maximum absolute atomic E-state index is 5.12. The molecule has 1 aromatic rings. The Labute approximate surface area is 100 Å². The van der Waals surface area contributed by atoms with E-state index in [0.29, 0.717) is 6.04 Å². The maximum Gasteiger partial charge on any atom is 0.0729 e. The van der Waals surface area contributed by atoms with Crippen LogP contribution in [0.25, 0.3) is 0 Å². The van der Waals surface area contributed by atoms with E-state index in [-0.39, 0.29) is 0 Å². The highest BCUT2D eigenvalue weighted by molar-refractivity contribution is 9.11. The first-order chi connectivity index (χ1) is 6.66. The summed E-state index contributed by atoms with van der Waals surface area (Å²) in [7, 11) is 0. The van der Waals surface area contributed by atoms with Crippen LogP contribution in [0.2, 0.25) is 0 Å². The predicted octanol–water partition coefficient (Wildman–Crippen LogP) is 3.33. The van der Waals surface area contributed by atoms with Gasteiger partial charge in [0.2, 0.25) is 0 Å². The van der Waals surface area contributed by atoms with Crippen molar-refractivity contribution in [3.05, 3.63) is 26.6 Å². The zero-order valence-corrected chi connectivity index (χ0v) is 11.0. The summed E-state index contributed by atoms with van der Waals surface area (Å²) >= 11 is 7.09. The Morgan fingerprint density at radius 2 is 1.86 bits per heavy atom. The van der Waals surface area contributed by atoms with Crippen LogP contribution in [0.5, 0.6) is 0 Å². The van der Waals surface area contributed by atoms with Gasteiger partial charge in [-0.2, -0.15) is 0 Å². The fraction of sp³-hybridized carbons (Fsp3) is 0.400. The van der Waals surface area contributed by atoms with Gasteiger partial charge in [-0.1, -0.05) is 0 Å². The van der Waals surface area contributed by atoms with Gasteiger partial charge < -0.3 is 10.1 Å². The van der Waals surface area contributed by atoms with Gasteiger partial charge in [0.05, 0.1) is 24.9 Å². The first kappa shape index (κ1) is 10.5. The number of hydrogen-bond acceptors (Lipinski definition) is 2. The fourth-order valence-electron chi connectivity index (χ4n) is 1.36. The summed E-state index contributed by atoms with van der Waals surface area (Å²) in [5.41, 5.74) is 2.35. The molecule has 76 valence electrons. The van der Waals surface area contributed by atoms with Crippen molar-refractivity contribution in [2.75, 3.05) is 18.5 Å². The number of hydrogen-bond donors (Lipinski definition) is 1. The van der Waals surface area contributed by atoms with E-state index in [9.17, 15) is 0 Å². The van der Waals surface area contributed by atoms with Gasteiger partial charge in [0, 0.05) is 8.95 Å². The van der Waals surface area contributed by atoms with Crippen molar-refractivity contribution in [1.82, 2.24) is 0 Å². The zero-order chi connectivity index (χ0) is 10.1. The van der Waals surface area contributed by atoms with E-state index in [1.807, 2.05) is 0 Å². The second-order valence-corrected chi connectivity index (χ2v) is 5.19. The van der Waals surface area contributed by atoms with Crippen LogP contribution in [-0.2, 0) is 4.74 Å². The highest BCUT2D eigenvalue weighted by Gasteiger charge is 2.19. The Bertz CT molecular complexity index is 327. The molecule has 0 unspecified atom stereocenters. The molecule has 1 aromatic carbocycles. The van der Waals surface area contributed by atoms with Crippen LogP contribution in [0, 0.1) is 6.92 Å². The minimum atomic E-state index is 0.449. The number of benzene rings is 1. The Morgan fingerprint density at radius 1 is 1.29 bits per heavy atom. The van der Waals surface area contributed by atoms with Crippen LogP contribution in [0.3, 0.4) is 0 Å². The molecular weight excluding hydrogens is 310 g/mol. The van der Waals surface area contributed by atoms with E-state index in [2.05, 4.69) is 56.2 Å². The Morgan fingerprint density at radius 3 is 2.29 bits per heavy atom. The fourth-order valence-corrected chi connectivity index (χ4v) is 3.01. The molecule has 0 atom stereocenters. The molecule has 0 amide bonds. The standard InChI is InChI=1S/C10H11Br2NO/c1-6-2-8(11)10(9(12)3-6)13-7-4-14-5-7/h2-3,7,13H,4-5H2,1H3. The maximum atomic E-state index is 5.12. The molecule has 1 saturated heterocycles.